The highest BCUT2D eigenvalue weighted by molar-refractivity contribution is 6.64. The van der Waals surface area contributed by atoms with Crippen LogP contribution in [0, 0.1) is 0 Å². The third-order valence-electron chi connectivity index (χ3n) is 2.56. The maximum absolute atomic E-state index is 8.96. The summed E-state index contributed by atoms with van der Waals surface area (Å²) in [7, 11) is 0. The summed E-state index contributed by atoms with van der Waals surface area (Å²) in [5, 5.41) is 8.92. The molecular formula is C10H12ClN3O. The summed E-state index contributed by atoms with van der Waals surface area (Å²) in [4.78, 5) is 3.95. The summed E-state index contributed by atoms with van der Waals surface area (Å²) in [6, 6.07) is 3.80. The molecule has 0 aliphatic heterocycles. The van der Waals surface area contributed by atoms with Gasteiger partial charge in [0.15, 0.2) is 5.29 Å². The summed E-state index contributed by atoms with van der Waals surface area (Å²) >= 11 is 5.51. The molecule has 4 N–H and O–H groups in total. The highest BCUT2D eigenvalue weighted by Crippen LogP contribution is 2.33. The van der Waals surface area contributed by atoms with Crippen LogP contribution in [0.1, 0.15) is 17.5 Å². The Hall–Kier alpha value is -1.26. The van der Waals surface area contributed by atoms with Gasteiger partial charge in [-0.15, -0.1) is 0 Å². The number of anilines is 1. The minimum absolute atomic E-state index is 0.0375. The number of benzene rings is 1. The number of nitrogens with one attached hydrogen (secondary N) is 1. The van der Waals surface area contributed by atoms with Gasteiger partial charge in [-0.2, -0.15) is 0 Å². The van der Waals surface area contributed by atoms with Crippen LogP contribution < -0.4 is 11.2 Å². The van der Waals surface area contributed by atoms with Crippen molar-refractivity contribution in [1.29, 1.82) is 0 Å². The second kappa shape index (κ2) is 4.08. The second-order valence-corrected chi connectivity index (χ2v) is 3.93. The van der Waals surface area contributed by atoms with Crippen molar-refractivity contribution in [2.45, 2.75) is 19.3 Å². The number of halogens is 1. The van der Waals surface area contributed by atoms with Crippen LogP contribution in [0.25, 0.3) is 0 Å². The largest absolute Gasteiger partial charge is 0.374 e. The predicted octanol–water partition coefficient (Wildman–Crippen LogP) is 2.16. The lowest BCUT2D eigenvalue weighted by Crippen LogP contribution is -2.01. The zero-order chi connectivity index (χ0) is 10.8. The quantitative estimate of drug-likeness (QED) is 0.313. The van der Waals surface area contributed by atoms with Gasteiger partial charge >= 0.3 is 0 Å². The molecule has 1 aromatic rings. The van der Waals surface area contributed by atoms with E-state index in [0.717, 1.165) is 19.3 Å². The predicted molar refractivity (Wildman–Crippen MR) is 61.0 cm³/mol. The Balaban J connectivity index is 2.49. The Morgan fingerprint density at radius 3 is 2.67 bits per heavy atom. The standard InChI is InChI=1S/C10H12ClN3O/c11-10(12)13-8-4-6-2-1-3-7(6)5-9(8)14-15/h4-5,14-15H,1-3H2,(H2,12,13). The van der Waals surface area contributed by atoms with Gasteiger partial charge in [-0.3, -0.25) is 10.7 Å². The SMILES string of the molecule is NC(Cl)=Nc1cc2c(cc1NO)CCC2. The van der Waals surface area contributed by atoms with E-state index in [0.29, 0.717) is 11.4 Å². The van der Waals surface area contributed by atoms with E-state index in [1.165, 1.54) is 11.1 Å². The molecule has 5 heteroatoms. The average molecular weight is 226 g/mol. The van der Waals surface area contributed by atoms with Crippen LogP contribution in [0.5, 0.6) is 0 Å². The molecule has 0 aromatic heterocycles. The number of amidine groups is 1. The van der Waals surface area contributed by atoms with Gasteiger partial charge < -0.3 is 5.73 Å². The summed E-state index contributed by atoms with van der Waals surface area (Å²) in [5.74, 6) is 0. The van der Waals surface area contributed by atoms with Crippen LogP contribution in [0.3, 0.4) is 0 Å². The lowest BCUT2D eigenvalue weighted by atomic mass is 10.1. The first-order chi connectivity index (χ1) is 7.20. The van der Waals surface area contributed by atoms with Gasteiger partial charge in [0.05, 0.1) is 11.4 Å². The molecule has 1 aromatic carbocycles. The van der Waals surface area contributed by atoms with Crippen molar-refractivity contribution in [3.63, 3.8) is 0 Å². The average Bonchev–Trinajstić information content (AvgIpc) is 2.62. The zero-order valence-electron chi connectivity index (χ0n) is 8.13. The maximum Gasteiger partial charge on any atom is 0.193 e. The summed E-state index contributed by atoms with van der Waals surface area (Å²) < 4.78 is 0. The maximum atomic E-state index is 8.96. The molecule has 0 bridgehead atoms. The molecule has 0 heterocycles. The number of hydrogen-bond donors (Lipinski definition) is 3. The molecule has 1 aliphatic rings. The van der Waals surface area contributed by atoms with Crippen molar-refractivity contribution in [2.75, 3.05) is 5.48 Å². The number of aliphatic imine (C=N–C) groups is 1. The molecule has 0 atom stereocenters. The third-order valence-corrected chi connectivity index (χ3v) is 2.64. The Morgan fingerprint density at radius 2 is 2.07 bits per heavy atom. The first-order valence-corrected chi connectivity index (χ1v) is 5.14. The third kappa shape index (κ3) is 2.06. The van der Waals surface area contributed by atoms with Gasteiger partial charge in [-0.25, -0.2) is 4.99 Å². The number of fused-ring (bicyclic) bond motifs is 1. The van der Waals surface area contributed by atoms with E-state index in [2.05, 4.69) is 10.5 Å². The number of rotatable bonds is 2. The molecular weight excluding hydrogens is 214 g/mol. The molecule has 80 valence electrons. The van der Waals surface area contributed by atoms with Gasteiger partial charge in [-0.1, -0.05) is 0 Å². The zero-order valence-corrected chi connectivity index (χ0v) is 8.88. The van der Waals surface area contributed by atoms with Crippen LogP contribution in [0.4, 0.5) is 11.4 Å². The Labute approximate surface area is 92.7 Å². The fourth-order valence-electron chi connectivity index (χ4n) is 1.91. The van der Waals surface area contributed by atoms with Crippen molar-refractivity contribution < 1.29 is 5.21 Å². The topological polar surface area (TPSA) is 70.6 Å². The van der Waals surface area contributed by atoms with Crippen LogP contribution in [-0.2, 0) is 12.8 Å². The smallest absolute Gasteiger partial charge is 0.193 e. The van der Waals surface area contributed by atoms with Crippen molar-refractivity contribution in [3.8, 4) is 0 Å². The summed E-state index contributed by atoms with van der Waals surface area (Å²) in [6.45, 7) is 0. The Kier molecular flexibility index (Phi) is 2.79. The van der Waals surface area contributed by atoms with Gasteiger partial charge in [0.2, 0.25) is 0 Å². The lowest BCUT2D eigenvalue weighted by Gasteiger charge is -2.07. The van der Waals surface area contributed by atoms with Gasteiger partial charge in [0, 0.05) is 0 Å². The summed E-state index contributed by atoms with van der Waals surface area (Å²) in [6.07, 6.45) is 3.24. The molecule has 0 unspecified atom stereocenters. The summed E-state index contributed by atoms with van der Waals surface area (Å²) in [5.41, 5.74) is 11.0. The van der Waals surface area contributed by atoms with Crippen LogP contribution in [-0.4, -0.2) is 10.5 Å². The normalized spacial score (nSPS) is 15.2. The van der Waals surface area contributed by atoms with Crippen LogP contribution in [0.2, 0.25) is 0 Å². The van der Waals surface area contributed by atoms with Crippen molar-refractivity contribution >= 4 is 28.3 Å². The fourth-order valence-corrected chi connectivity index (χ4v) is 2.00. The first kappa shape index (κ1) is 10.3. The minimum atomic E-state index is -0.0375. The van der Waals surface area contributed by atoms with Gasteiger partial charge in [0.25, 0.3) is 0 Å². The van der Waals surface area contributed by atoms with Gasteiger partial charge in [-0.05, 0) is 54.1 Å². The van der Waals surface area contributed by atoms with Crippen LogP contribution in [0.15, 0.2) is 17.1 Å². The number of nitrogens with zero attached hydrogens (tertiary/aromatic N) is 1. The lowest BCUT2D eigenvalue weighted by molar-refractivity contribution is 0.389. The molecule has 0 saturated carbocycles. The second-order valence-electron chi connectivity index (χ2n) is 3.54. The molecule has 4 nitrogen and oxygen atoms in total. The van der Waals surface area contributed by atoms with E-state index in [4.69, 9.17) is 22.5 Å². The first-order valence-electron chi connectivity index (χ1n) is 4.76. The Bertz CT molecular complexity index is 413. The van der Waals surface area contributed by atoms with E-state index in [1.54, 1.807) is 0 Å². The highest BCUT2D eigenvalue weighted by Gasteiger charge is 2.14. The number of nitrogens with two attached hydrogens (primary N) is 1. The minimum Gasteiger partial charge on any atom is -0.374 e. The molecule has 0 fully saturated rings. The van der Waals surface area contributed by atoms with Crippen molar-refractivity contribution in [3.05, 3.63) is 23.3 Å². The molecule has 0 amide bonds. The van der Waals surface area contributed by atoms with E-state index >= 15 is 0 Å². The Morgan fingerprint density at radius 1 is 1.40 bits per heavy atom. The number of hydrogen-bond acceptors (Lipinski definition) is 3. The molecule has 0 spiro atoms. The van der Waals surface area contributed by atoms with Crippen molar-refractivity contribution in [1.82, 2.24) is 0 Å². The van der Waals surface area contributed by atoms with Crippen molar-refractivity contribution in [2.24, 2.45) is 10.7 Å². The molecule has 0 radical (unpaired) electrons. The van der Waals surface area contributed by atoms with Gasteiger partial charge in [0.1, 0.15) is 0 Å². The highest BCUT2D eigenvalue weighted by atomic mass is 35.5. The molecule has 1 aliphatic carbocycles. The van der Waals surface area contributed by atoms with E-state index < -0.39 is 0 Å². The molecule has 0 saturated heterocycles. The molecule has 15 heavy (non-hydrogen) atoms. The van der Waals surface area contributed by atoms with Crippen LogP contribution >= 0.6 is 11.6 Å². The monoisotopic (exact) mass is 225 g/mol. The number of aryl methyl sites for hydroxylation is 2. The van der Waals surface area contributed by atoms with E-state index in [1.807, 2.05) is 12.1 Å². The molecule has 2 rings (SSSR count). The van der Waals surface area contributed by atoms with E-state index in [9.17, 15) is 0 Å². The fraction of sp³-hybridized carbons (Fsp3) is 0.300. The van der Waals surface area contributed by atoms with E-state index in [-0.39, 0.29) is 5.29 Å².